The number of nitrogens with zero attached hydrogens (tertiary/aromatic N) is 2. The van der Waals surface area contributed by atoms with Gasteiger partial charge in [-0.1, -0.05) is 45.4 Å². The van der Waals surface area contributed by atoms with Gasteiger partial charge in [-0.2, -0.15) is 0 Å². The van der Waals surface area contributed by atoms with Crippen molar-refractivity contribution < 1.29 is 0 Å². The largest absolute Gasteiger partial charge is 0.280 e. The molecule has 0 heterocycles. The molecule has 3 heteroatoms. The summed E-state index contributed by atoms with van der Waals surface area (Å²) in [6.07, 6.45) is 11.2. The fourth-order valence-corrected chi connectivity index (χ4v) is 4.71. The summed E-state index contributed by atoms with van der Waals surface area (Å²) in [6, 6.07) is 0.519. The molecule has 0 aliphatic heterocycles. The zero-order chi connectivity index (χ0) is 19.5. The molecule has 2 nitrogen and oxygen atoms in total. The first-order chi connectivity index (χ1) is 12.2. The van der Waals surface area contributed by atoms with E-state index in [0.29, 0.717) is 12.0 Å². The molecule has 148 valence electrons. The molecular formula is C23H39ClN2. The van der Waals surface area contributed by atoms with Crippen molar-refractivity contribution in [2.24, 2.45) is 22.7 Å². The summed E-state index contributed by atoms with van der Waals surface area (Å²) in [5, 5.41) is 0.863. The molecule has 1 atom stereocenters. The number of aliphatic imine (C=N–C) groups is 1. The molecule has 2 aliphatic carbocycles. The maximum absolute atomic E-state index is 6.26. The predicted octanol–water partition coefficient (Wildman–Crippen LogP) is 6.81. The van der Waals surface area contributed by atoms with Gasteiger partial charge in [0, 0.05) is 16.8 Å². The molecule has 1 saturated carbocycles. The van der Waals surface area contributed by atoms with Crippen LogP contribution in [0.25, 0.3) is 0 Å². The first-order valence-corrected chi connectivity index (χ1v) is 10.9. The molecule has 0 bridgehead atoms. The van der Waals surface area contributed by atoms with Gasteiger partial charge in [0.25, 0.3) is 0 Å². The van der Waals surface area contributed by atoms with Crippen LogP contribution < -0.4 is 0 Å². The normalized spacial score (nSPS) is 29.2. The Morgan fingerprint density at radius 3 is 2.31 bits per heavy atom. The van der Waals surface area contributed by atoms with Gasteiger partial charge in [-0.15, -0.1) is 0 Å². The summed E-state index contributed by atoms with van der Waals surface area (Å²) in [4.78, 5) is 7.98. The lowest BCUT2D eigenvalue weighted by Crippen LogP contribution is -2.53. The van der Waals surface area contributed by atoms with E-state index >= 15 is 0 Å². The second-order valence-corrected chi connectivity index (χ2v) is 9.59. The third kappa shape index (κ3) is 5.01. The molecule has 0 aromatic rings. The maximum atomic E-state index is 6.26. The Labute approximate surface area is 166 Å². The molecule has 0 aromatic heterocycles. The lowest BCUT2D eigenvalue weighted by Gasteiger charge is -2.48. The smallest absolute Gasteiger partial charge is 0.113 e. The third-order valence-electron chi connectivity index (χ3n) is 6.91. The first kappa shape index (κ1) is 21.7. The van der Waals surface area contributed by atoms with E-state index in [2.05, 4.69) is 65.6 Å². The van der Waals surface area contributed by atoms with Crippen LogP contribution in [0.2, 0.25) is 0 Å². The lowest BCUT2D eigenvalue weighted by molar-refractivity contribution is 0.0151. The second kappa shape index (κ2) is 9.06. The molecule has 0 saturated heterocycles. The van der Waals surface area contributed by atoms with E-state index in [-0.39, 0.29) is 5.66 Å². The molecule has 1 fully saturated rings. The molecular weight excluding hydrogens is 340 g/mol. The summed E-state index contributed by atoms with van der Waals surface area (Å²) >= 11 is 6.26. The summed E-state index contributed by atoms with van der Waals surface area (Å²) < 4.78 is 0. The minimum atomic E-state index is -0.0619. The topological polar surface area (TPSA) is 15.6 Å². The van der Waals surface area contributed by atoms with Crippen molar-refractivity contribution >= 4 is 17.3 Å². The van der Waals surface area contributed by atoms with Gasteiger partial charge in [0.05, 0.1) is 0 Å². The van der Waals surface area contributed by atoms with Crippen LogP contribution in [-0.2, 0) is 0 Å². The van der Waals surface area contributed by atoms with Gasteiger partial charge >= 0.3 is 0 Å². The standard InChI is InChI=1S/C23H39ClN2/c1-16(2)19(6)26(7)23(13-11-20(12-14-23)17(3)4)25-18(5)21-9-8-10-22(24)15-21/h10,15-17,19-20H,8-9,11-14H2,1-7H3/b25-18+. The Hall–Kier alpha value is -0.600. The highest BCUT2D eigenvalue weighted by molar-refractivity contribution is 6.31. The Morgan fingerprint density at radius 2 is 1.81 bits per heavy atom. The monoisotopic (exact) mass is 378 g/mol. The number of allylic oxidation sites excluding steroid dienone is 4. The van der Waals surface area contributed by atoms with Crippen LogP contribution in [0.15, 0.2) is 27.7 Å². The highest BCUT2D eigenvalue weighted by Gasteiger charge is 2.41. The van der Waals surface area contributed by atoms with Gasteiger partial charge < -0.3 is 0 Å². The van der Waals surface area contributed by atoms with Crippen LogP contribution in [0.5, 0.6) is 0 Å². The number of rotatable bonds is 6. The molecule has 26 heavy (non-hydrogen) atoms. The average molecular weight is 379 g/mol. The lowest BCUT2D eigenvalue weighted by atomic mass is 9.75. The molecule has 1 unspecified atom stereocenters. The van der Waals surface area contributed by atoms with E-state index in [0.717, 1.165) is 42.6 Å². The Morgan fingerprint density at radius 1 is 1.19 bits per heavy atom. The van der Waals surface area contributed by atoms with Crippen LogP contribution in [0, 0.1) is 17.8 Å². The number of halogens is 1. The average Bonchev–Trinajstić information content (AvgIpc) is 2.60. The van der Waals surface area contributed by atoms with Crippen LogP contribution in [0.4, 0.5) is 0 Å². The van der Waals surface area contributed by atoms with Crippen LogP contribution in [0.1, 0.15) is 80.1 Å². The predicted molar refractivity (Wildman–Crippen MR) is 116 cm³/mol. The van der Waals surface area contributed by atoms with Crippen molar-refractivity contribution in [2.45, 2.75) is 91.8 Å². The molecule has 2 aliphatic rings. The van der Waals surface area contributed by atoms with Gasteiger partial charge in [-0.05, 0) is 88.8 Å². The highest BCUT2D eigenvalue weighted by Crippen LogP contribution is 2.42. The third-order valence-corrected chi connectivity index (χ3v) is 7.18. The molecule has 0 N–H and O–H groups in total. The van der Waals surface area contributed by atoms with Gasteiger partial charge in [0.15, 0.2) is 0 Å². The first-order valence-electron chi connectivity index (χ1n) is 10.5. The van der Waals surface area contributed by atoms with Crippen molar-refractivity contribution in [2.75, 3.05) is 7.05 Å². The Bertz CT molecular complexity index is 563. The summed E-state index contributed by atoms with van der Waals surface area (Å²) in [7, 11) is 2.29. The Kier molecular flexibility index (Phi) is 7.56. The van der Waals surface area contributed by atoms with Crippen molar-refractivity contribution in [3.8, 4) is 0 Å². The van der Waals surface area contributed by atoms with Crippen molar-refractivity contribution in [1.29, 1.82) is 0 Å². The van der Waals surface area contributed by atoms with Gasteiger partial charge in [-0.25, -0.2) is 0 Å². The number of hydrogen-bond donors (Lipinski definition) is 0. The highest BCUT2D eigenvalue weighted by atomic mass is 35.5. The van der Waals surface area contributed by atoms with Gasteiger partial charge in [-0.3, -0.25) is 9.89 Å². The molecule has 0 amide bonds. The van der Waals surface area contributed by atoms with Crippen molar-refractivity contribution in [1.82, 2.24) is 4.90 Å². The van der Waals surface area contributed by atoms with E-state index in [1.54, 1.807) is 0 Å². The second-order valence-electron chi connectivity index (χ2n) is 9.15. The fourth-order valence-electron chi connectivity index (χ4n) is 4.47. The SMILES string of the molecule is C/C(=N\C1(N(C)C(C)C(C)C)CCC(C(C)C)CC1)C1=CC(Cl)=CCC1. The quantitative estimate of drug-likeness (QED) is 0.463. The molecule has 0 radical (unpaired) electrons. The zero-order valence-corrected chi connectivity index (χ0v) is 18.7. The van der Waals surface area contributed by atoms with Gasteiger partial charge in [0.2, 0.25) is 0 Å². The zero-order valence-electron chi connectivity index (χ0n) is 18.0. The number of hydrogen-bond acceptors (Lipinski definition) is 2. The van der Waals surface area contributed by atoms with Crippen molar-refractivity contribution in [3.05, 3.63) is 22.8 Å². The summed E-state index contributed by atoms with van der Waals surface area (Å²) in [5.74, 6) is 2.24. The molecule has 0 spiro atoms. The van der Waals surface area contributed by atoms with E-state index < -0.39 is 0 Å². The van der Waals surface area contributed by atoms with E-state index in [4.69, 9.17) is 16.6 Å². The van der Waals surface area contributed by atoms with Crippen molar-refractivity contribution in [3.63, 3.8) is 0 Å². The molecule has 0 aromatic carbocycles. The minimum Gasteiger partial charge on any atom is -0.280 e. The van der Waals surface area contributed by atoms with Crippen LogP contribution >= 0.6 is 11.6 Å². The summed E-state index contributed by atoms with van der Waals surface area (Å²) in [6.45, 7) is 13.9. The summed E-state index contributed by atoms with van der Waals surface area (Å²) in [5.41, 5.74) is 2.43. The van der Waals surface area contributed by atoms with E-state index in [1.807, 2.05) is 0 Å². The van der Waals surface area contributed by atoms with Crippen LogP contribution in [-0.4, -0.2) is 29.4 Å². The van der Waals surface area contributed by atoms with Gasteiger partial charge in [0.1, 0.15) is 5.66 Å². The fraction of sp³-hybridized carbons (Fsp3) is 0.783. The Balaban J connectivity index is 2.32. The van der Waals surface area contributed by atoms with E-state index in [1.165, 1.54) is 24.1 Å². The maximum Gasteiger partial charge on any atom is 0.113 e. The van der Waals surface area contributed by atoms with Crippen LogP contribution in [0.3, 0.4) is 0 Å². The minimum absolute atomic E-state index is 0.0619. The van der Waals surface area contributed by atoms with E-state index in [9.17, 15) is 0 Å². The molecule has 2 rings (SSSR count).